The van der Waals surface area contributed by atoms with Gasteiger partial charge in [-0.3, -0.25) is 4.79 Å². The van der Waals surface area contributed by atoms with Crippen LogP contribution in [0.2, 0.25) is 0 Å². The van der Waals surface area contributed by atoms with Crippen molar-refractivity contribution in [2.45, 2.75) is 37.1 Å². The number of ether oxygens (including phenoxy) is 1. The van der Waals surface area contributed by atoms with Gasteiger partial charge in [0, 0.05) is 5.69 Å². The molecule has 1 aliphatic carbocycles. The van der Waals surface area contributed by atoms with Crippen molar-refractivity contribution in [1.82, 2.24) is 0 Å². The first-order valence-electron chi connectivity index (χ1n) is 8.40. The molecule has 4 heteroatoms. The molecule has 126 valence electrons. The van der Waals surface area contributed by atoms with E-state index in [0.717, 1.165) is 37.1 Å². The summed E-state index contributed by atoms with van der Waals surface area (Å²) in [7, 11) is 1.64. The number of carbonyl (C=O) groups is 1. The molecular formula is C20H24N2O2. The van der Waals surface area contributed by atoms with E-state index in [4.69, 9.17) is 10.5 Å². The predicted molar refractivity (Wildman–Crippen MR) is 96.2 cm³/mol. The normalized spacial score (nSPS) is 23.5. The molecule has 0 spiro atoms. The van der Waals surface area contributed by atoms with E-state index in [9.17, 15) is 4.79 Å². The maximum absolute atomic E-state index is 12.2. The Bertz CT molecular complexity index is 675. The Labute approximate surface area is 143 Å². The maximum Gasteiger partial charge on any atom is 0.243 e. The third kappa shape index (κ3) is 3.37. The fourth-order valence-corrected chi connectivity index (χ4v) is 3.55. The lowest BCUT2D eigenvalue weighted by Gasteiger charge is -2.39. The molecule has 1 saturated carbocycles. The summed E-state index contributed by atoms with van der Waals surface area (Å²) < 4.78 is 5.18. The second-order valence-corrected chi connectivity index (χ2v) is 6.48. The number of carbonyl (C=O) groups excluding carboxylic acids is 1. The van der Waals surface area contributed by atoms with E-state index in [0.29, 0.717) is 5.92 Å². The summed E-state index contributed by atoms with van der Waals surface area (Å²) >= 11 is 0. The van der Waals surface area contributed by atoms with E-state index in [1.807, 2.05) is 30.3 Å². The minimum Gasteiger partial charge on any atom is -0.497 e. The minimum atomic E-state index is -0.667. The molecule has 0 radical (unpaired) electrons. The quantitative estimate of drug-likeness (QED) is 0.881. The summed E-state index contributed by atoms with van der Waals surface area (Å²) in [6.45, 7) is 0. The summed E-state index contributed by atoms with van der Waals surface area (Å²) in [5, 5.41) is 3.39. The average Bonchev–Trinajstić information content (AvgIpc) is 2.63. The molecule has 1 amide bonds. The molecule has 0 bridgehead atoms. The standard InChI is InChI=1S/C20H24N2O2/c1-24-18-9-7-17(8-10-18)22-20(19(21)23)13-11-16(12-14-20)15-5-3-2-4-6-15/h2-10,16,22H,11-14H2,1H3,(H2,21,23). The molecule has 3 N–H and O–H groups in total. The minimum absolute atomic E-state index is 0.273. The highest BCUT2D eigenvalue weighted by Gasteiger charge is 2.40. The Morgan fingerprint density at radius 3 is 2.25 bits per heavy atom. The zero-order valence-electron chi connectivity index (χ0n) is 14.0. The number of rotatable bonds is 5. The van der Waals surface area contributed by atoms with Crippen molar-refractivity contribution >= 4 is 11.6 Å². The van der Waals surface area contributed by atoms with Gasteiger partial charge in [0.2, 0.25) is 5.91 Å². The molecule has 3 rings (SSSR count). The molecule has 0 heterocycles. The van der Waals surface area contributed by atoms with Gasteiger partial charge in [0.05, 0.1) is 7.11 Å². The second kappa shape index (κ2) is 6.95. The number of primary amides is 1. The summed E-state index contributed by atoms with van der Waals surface area (Å²) in [6.07, 6.45) is 3.40. The number of hydrogen-bond donors (Lipinski definition) is 2. The van der Waals surface area contributed by atoms with Gasteiger partial charge in [0.1, 0.15) is 11.3 Å². The zero-order chi connectivity index (χ0) is 17.0. The second-order valence-electron chi connectivity index (χ2n) is 6.48. The van der Waals surface area contributed by atoms with E-state index < -0.39 is 5.54 Å². The topological polar surface area (TPSA) is 64.3 Å². The van der Waals surface area contributed by atoms with Crippen LogP contribution in [0, 0.1) is 0 Å². The highest BCUT2D eigenvalue weighted by atomic mass is 16.5. The Hall–Kier alpha value is -2.49. The Morgan fingerprint density at radius 1 is 1.08 bits per heavy atom. The molecule has 24 heavy (non-hydrogen) atoms. The molecule has 0 unspecified atom stereocenters. The van der Waals surface area contributed by atoms with Gasteiger partial charge in [-0.25, -0.2) is 0 Å². The van der Waals surface area contributed by atoms with E-state index in [1.54, 1.807) is 7.11 Å². The first kappa shape index (κ1) is 16.4. The van der Waals surface area contributed by atoms with E-state index in [1.165, 1.54) is 5.56 Å². The van der Waals surface area contributed by atoms with Gasteiger partial charge >= 0.3 is 0 Å². The van der Waals surface area contributed by atoms with Gasteiger partial charge in [0.25, 0.3) is 0 Å². The molecule has 0 saturated heterocycles. The fraction of sp³-hybridized carbons (Fsp3) is 0.350. The van der Waals surface area contributed by atoms with Crippen LogP contribution in [0.5, 0.6) is 5.75 Å². The number of benzene rings is 2. The number of nitrogens with one attached hydrogen (secondary N) is 1. The van der Waals surface area contributed by atoms with E-state index in [-0.39, 0.29) is 5.91 Å². The van der Waals surface area contributed by atoms with Crippen LogP contribution in [0.4, 0.5) is 5.69 Å². The monoisotopic (exact) mass is 324 g/mol. The van der Waals surface area contributed by atoms with Gasteiger partial charge in [-0.1, -0.05) is 30.3 Å². The van der Waals surface area contributed by atoms with Gasteiger partial charge in [-0.15, -0.1) is 0 Å². The Morgan fingerprint density at radius 2 is 1.71 bits per heavy atom. The summed E-state index contributed by atoms with van der Waals surface area (Å²) in [5.41, 5.74) is 7.34. The molecule has 4 nitrogen and oxygen atoms in total. The van der Waals surface area contributed by atoms with Crippen LogP contribution in [-0.4, -0.2) is 18.6 Å². The van der Waals surface area contributed by atoms with Crippen LogP contribution >= 0.6 is 0 Å². The van der Waals surface area contributed by atoms with Crippen molar-refractivity contribution in [2.24, 2.45) is 5.73 Å². The average molecular weight is 324 g/mol. The van der Waals surface area contributed by atoms with Crippen LogP contribution in [0.3, 0.4) is 0 Å². The number of methoxy groups -OCH3 is 1. The van der Waals surface area contributed by atoms with Gasteiger partial charge in [-0.05, 0) is 61.4 Å². The molecule has 0 atom stereocenters. The van der Waals surface area contributed by atoms with Crippen LogP contribution < -0.4 is 15.8 Å². The van der Waals surface area contributed by atoms with E-state index in [2.05, 4.69) is 29.6 Å². The largest absolute Gasteiger partial charge is 0.497 e. The number of hydrogen-bond acceptors (Lipinski definition) is 3. The van der Waals surface area contributed by atoms with E-state index >= 15 is 0 Å². The van der Waals surface area contributed by atoms with Crippen molar-refractivity contribution < 1.29 is 9.53 Å². The van der Waals surface area contributed by atoms with Crippen molar-refractivity contribution in [3.8, 4) is 5.75 Å². The molecule has 1 fully saturated rings. The van der Waals surface area contributed by atoms with Crippen LogP contribution in [0.25, 0.3) is 0 Å². The number of amides is 1. The lowest BCUT2D eigenvalue weighted by atomic mass is 9.73. The molecule has 2 aromatic carbocycles. The third-order valence-electron chi connectivity index (χ3n) is 5.06. The predicted octanol–water partition coefficient (Wildman–Crippen LogP) is 3.69. The highest BCUT2D eigenvalue weighted by Crippen LogP contribution is 2.39. The molecule has 1 aliphatic rings. The Kier molecular flexibility index (Phi) is 4.74. The van der Waals surface area contributed by atoms with Crippen molar-refractivity contribution in [2.75, 3.05) is 12.4 Å². The molecule has 2 aromatic rings. The molecule has 0 aliphatic heterocycles. The number of anilines is 1. The van der Waals surface area contributed by atoms with Crippen LogP contribution in [-0.2, 0) is 4.79 Å². The first-order valence-corrected chi connectivity index (χ1v) is 8.40. The maximum atomic E-state index is 12.2. The van der Waals surface area contributed by atoms with Crippen molar-refractivity contribution in [1.29, 1.82) is 0 Å². The molecule has 0 aromatic heterocycles. The lowest BCUT2D eigenvalue weighted by Crippen LogP contribution is -2.52. The van der Waals surface area contributed by atoms with Crippen molar-refractivity contribution in [3.05, 3.63) is 60.2 Å². The number of nitrogens with two attached hydrogens (primary N) is 1. The highest BCUT2D eigenvalue weighted by molar-refractivity contribution is 5.88. The van der Waals surface area contributed by atoms with Gasteiger partial charge in [-0.2, -0.15) is 0 Å². The van der Waals surface area contributed by atoms with Crippen LogP contribution in [0.1, 0.15) is 37.2 Å². The molecular weight excluding hydrogens is 300 g/mol. The fourth-order valence-electron chi connectivity index (χ4n) is 3.55. The first-order chi connectivity index (χ1) is 11.6. The Balaban J connectivity index is 1.72. The van der Waals surface area contributed by atoms with Gasteiger partial charge in [0.15, 0.2) is 0 Å². The lowest BCUT2D eigenvalue weighted by molar-refractivity contribution is -0.123. The third-order valence-corrected chi connectivity index (χ3v) is 5.06. The zero-order valence-corrected chi connectivity index (χ0v) is 14.0. The summed E-state index contributed by atoms with van der Waals surface area (Å²) in [4.78, 5) is 12.2. The van der Waals surface area contributed by atoms with Gasteiger partial charge < -0.3 is 15.8 Å². The van der Waals surface area contributed by atoms with Crippen LogP contribution in [0.15, 0.2) is 54.6 Å². The SMILES string of the molecule is COc1ccc(NC2(C(N)=O)CCC(c3ccccc3)CC2)cc1. The van der Waals surface area contributed by atoms with Crippen molar-refractivity contribution in [3.63, 3.8) is 0 Å². The smallest absolute Gasteiger partial charge is 0.243 e. The summed E-state index contributed by atoms with van der Waals surface area (Å²) in [6, 6.07) is 18.1. The summed E-state index contributed by atoms with van der Waals surface area (Å²) in [5.74, 6) is 1.02.